The van der Waals surface area contributed by atoms with Crippen LogP contribution >= 0.6 is 11.3 Å². The first kappa shape index (κ1) is 18.1. The minimum Gasteiger partial charge on any atom is -0.453 e. The number of ketones is 2. The van der Waals surface area contributed by atoms with Crippen molar-refractivity contribution < 1.29 is 19.1 Å². The summed E-state index contributed by atoms with van der Waals surface area (Å²) >= 11 is 1.55. The Balaban J connectivity index is 1.54. The summed E-state index contributed by atoms with van der Waals surface area (Å²) in [5, 5.41) is 6.19. The zero-order valence-corrected chi connectivity index (χ0v) is 17.6. The van der Waals surface area contributed by atoms with E-state index < -0.39 is 11.9 Å². The summed E-state index contributed by atoms with van der Waals surface area (Å²) in [5.74, 6) is -1.49. The van der Waals surface area contributed by atoms with Crippen LogP contribution in [0.1, 0.15) is 43.5 Å². The Kier molecular flexibility index (Phi) is 3.53. The van der Waals surface area contributed by atoms with Crippen molar-refractivity contribution >= 4 is 33.7 Å². The minimum absolute atomic E-state index is 0.120. The minimum atomic E-state index is -1.15. The first-order valence-corrected chi connectivity index (χ1v) is 11.4. The lowest BCUT2D eigenvalue weighted by molar-refractivity contribution is -0.263. The van der Waals surface area contributed by atoms with Crippen LogP contribution in [0.2, 0.25) is 0 Å². The molecule has 3 aliphatic rings. The molecule has 0 saturated heterocycles. The summed E-state index contributed by atoms with van der Waals surface area (Å²) in [7, 11) is 0. The van der Waals surface area contributed by atoms with E-state index in [1.165, 1.54) is 0 Å². The van der Waals surface area contributed by atoms with Gasteiger partial charge in [0, 0.05) is 28.5 Å². The van der Waals surface area contributed by atoms with Crippen molar-refractivity contribution in [2.45, 2.75) is 18.3 Å². The SMILES string of the molecule is O=C1C2=C(C(=O)c3ccccc31)C1O[C@](c3ccsc3)(Cc3c1ccc1ccccc31)O2. The molecular weight excluding hydrogens is 420 g/mol. The van der Waals surface area contributed by atoms with Gasteiger partial charge in [-0.05, 0) is 33.3 Å². The van der Waals surface area contributed by atoms with Gasteiger partial charge >= 0.3 is 0 Å². The van der Waals surface area contributed by atoms with Crippen LogP contribution < -0.4 is 0 Å². The van der Waals surface area contributed by atoms with Crippen LogP contribution in [0.3, 0.4) is 0 Å². The fourth-order valence-corrected chi connectivity index (χ4v) is 5.89. The summed E-state index contributed by atoms with van der Waals surface area (Å²) < 4.78 is 13.0. The van der Waals surface area contributed by atoms with Gasteiger partial charge in [0.25, 0.3) is 0 Å². The van der Waals surface area contributed by atoms with Crippen molar-refractivity contribution in [3.8, 4) is 0 Å². The molecule has 4 aromatic rings. The van der Waals surface area contributed by atoms with Crippen LogP contribution in [0.15, 0.2) is 88.8 Å². The molecule has 7 rings (SSSR count). The van der Waals surface area contributed by atoms with Gasteiger partial charge in [0.2, 0.25) is 11.6 Å². The molecule has 0 saturated carbocycles. The molecule has 4 nitrogen and oxygen atoms in total. The molecule has 0 amide bonds. The van der Waals surface area contributed by atoms with Gasteiger partial charge in [-0.1, -0.05) is 60.7 Å². The number of ether oxygens (including phenoxy) is 2. The average Bonchev–Trinajstić information content (AvgIpc) is 3.38. The van der Waals surface area contributed by atoms with Crippen molar-refractivity contribution in [2.24, 2.45) is 0 Å². The molecule has 2 bridgehead atoms. The van der Waals surface area contributed by atoms with E-state index in [1.807, 2.05) is 41.1 Å². The van der Waals surface area contributed by atoms with Crippen LogP contribution in [-0.4, -0.2) is 11.6 Å². The Bertz CT molecular complexity index is 1500. The molecule has 2 aliphatic heterocycles. The van der Waals surface area contributed by atoms with Gasteiger partial charge in [0.05, 0.1) is 5.57 Å². The summed E-state index contributed by atoms with van der Waals surface area (Å²) in [5.41, 5.74) is 3.96. The molecule has 0 fully saturated rings. The Morgan fingerprint density at radius 3 is 2.47 bits per heavy atom. The van der Waals surface area contributed by atoms with Gasteiger partial charge in [0.15, 0.2) is 11.5 Å². The van der Waals surface area contributed by atoms with Gasteiger partial charge in [-0.2, -0.15) is 11.3 Å². The average molecular weight is 436 g/mol. The van der Waals surface area contributed by atoms with Crippen molar-refractivity contribution in [1.82, 2.24) is 0 Å². The third kappa shape index (κ3) is 2.24. The molecule has 0 spiro atoms. The van der Waals surface area contributed by atoms with Gasteiger partial charge in [-0.25, -0.2) is 0 Å². The van der Waals surface area contributed by atoms with E-state index >= 15 is 0 Å². The first-order valence-electron chi connectivity index (χ1n) is 10.5. The van der Waals surface area contributed by atoms with Gasteiger partial charge in [0.1, 0.15) is 6.10 Å². The van der Waals surface area contributed by atoms with Crippen molar-refractivity contribution in [1.29, 1.82) is 0 Å². The fourth-order valence-electron chi connectivity index (χ4n) is 5.19. The zero-order chi connectivity index (χ0) is 21.4. The number of benzene rings is 3. The normalized spacial score (nSPS) is 23.4. The fraction of sp³-hybridized carbons (Fsp3) is 0.111. The van der Waals surface area contributed by atoms with E-state index in [2.05, 4.69) is 12.1 Å². The predicted molar refractivity (Wildman–Crippen MR) is 121 cm³/mol. The predicted octanol–water partition coefficient (Wildman–Crippen LogP) is 5.73. The number of thiophene rings is 1. The maximum absolute atomic E-state index is 13.6. The molecular formula is C27H16O4S. The third-order valence-corrected chi connectivity index (χ3v) is 7.36. The van der Waals surface area contributed by atoms with Crippen LogP contribution in [-0.2, 0) is 21.7 Å². The van der Waals surface area contributed by atoms with Crippen molar-refractivity contribution in [2.75, 3.05) is 0 Å². The number of rotatable bonds is 1. The third-order valence-electron chi connectivity index (χ3n) is 6.68. The molecule has 5 heteroatoms. The molecule has 1 aromatic heterocycles. The lowest BCUT2D eigenvalue weighted by Gasteiger charge is -2.47. The van der Waals surface area contributed by atoms with E-state index in [4.69, 9.17) is 9.47 Å². The Morgan fingerprint density at radius 1 is 0.875 bits per heavy atom. The van der Waals surface area contributed by atoms with Crippen molar-refractivity contribution in [3.05, 3.63) is 117 Å². The summed E-state index contributed by atoms with van der Waals surface area (Å²) in [6.45, 7) is 0. The number of carbonyl (C=O) groups excluding carboxylic acids is 2. The molecule has 3 aromatic carbocycles. The van der Waals surface area contributed by atoms with Gasteiger partial charge in [-0.15, -0.1) is 0 Å². The second kappa shape index (κ2) is 6.25. The van der Waals surface area contributed by atoms with Crippen molar-refractivity contribution in [3.63, 3.8) is 0 Å². The van der Waals surface area contributed by atoms with Crippen LogP contribution in [0.25, 0.3) is 10.8 Å². The van der Waals surface area contributed by atoms with E-state index in [1.54, 1.807) is 35.6 Å². The lowest BCUT2D eigenvalue weighted by Crippen LogP contribution is -2.47. The highest BCUT2D eigenvalue weighted by molar-refractivity contribution is 7.08. The van der Waals surface area contributed by atoms with E-state index in [0.29, 0.717) is 23.1 Å². The van der Waals surface area contributed by atoms with E-state index in [9.17, 15) is 9.59 Å². The topological polar surface area (TPSA) is 52.6 Å². The first-order chi connectivity index (χ1) is 15.7. The lowest BCUT2D eigenvalue weighted by atomic mass is 9.77. The van der Waals surface area contributed by atoms with Gasteiger partial charge < -0.3 is 9.47 Å². The Labute approximate surface area is 187 Å². The maximum atomic E-state index is 13.6. The van der Waals surface area contributed by atoms with Crippen LogP contribution in [0.4, 0.5) is 0 Å². The van der Waals surface area contributed by atoms with Crippen LogP contribution in [0.5, 0.6) is 0 Å². The largest absolute Gasteiger partial charge is 0.453 e. The zero-order valence-electron chi connectivity index (χ0n) is 16.8. The highest BCUT2D eigenvalue weighted by Crippen LogP contribution is 2.54. The summed E-state index contributed by atoms with van der Waals surface area (Å²) in [4.78, 5) is 27.1. The number of Topliss-reactive ketones (excluding diaryl/α,β-unsaturated/α-hetero) is 2. The molecule has 3 heterocycles. The molecule has 1 unspecified atom stereocenters. The summed E-state index contributed by atoms with van der Waals surface area (Å²) in [6.07, 6.45) is -0.214. The molecule has 2 atom stereocenters. The summed E-state index contributed by atoms with van der Waals surface area (Å²) in [6, 6.07) is 21.2. The van der Waals surface area contributed by atoms with E-state index in [-0.39, 0.29) is 17.3 Å². The van der Waals surface area contributed by atoms with Gasteiger partial charge in [-0.3, -0.25) is 9.59 Å². The highest BCUT2D eigenvalue weighted by Gasteiger charge is 2.54. The second-order valence-electron chi connectivity index (χ2n) is 8.34. The quantitative estimate of drug-likeness (QED) is 0.382. The van der Waals surface area contributed by atoms with Crippen LogP contribution in [0, 0.1) is 0 Å². The number of fused-ring (bicyclic) bond motifs is 8. The molecule has 1 aliphatic carbocycles. The number of hydrogen-bond acceptors (Lipinski definition) is 5. The number of allylic oxidation sites excluding steroid dienone is 1. The second-order valence-corrected chi connectivity index (χ2v) is 9.12. The smallest absolute Gasteiger partial charge is 0.243 e. The molecule has 0 N–H and O–H groups in total. The maximum Gasteiger partial charge on any atom is 0.243 e. The Morgan fingerprint density at radius 2 is 1.66 bits per heavy atom. The molecule has 32 heavy (non-hydrogen) atoms. The number of hydrogen-bond donors (Lipinski definition) is 0. The number of carbonyl (C=O) groups is 2. The highest BCUT2D eigenvalue weighted by atomic mass is 32.1. The van der Waals surface area contributed by atoms with E-state index in [0.717, 1.165) is 27.5 Å². The monoisotopic (exact) mass is 436 g/mol. The standard InChI is InChI=1S/C27H16O4S/c28-23-18-7-3-4-8-19(18)24(29)26-22(23)25-20-10-9-15-5-1-2-6-17(15)21(20)13-27(30-25,31-26)16-11-12-32-14-16/h1-12,14,25H,13H2/t25?,27-/m1/s1. The Hall–Kier alpha value is -3.54. The molecule has 0 radical (unpaired) electrons. The molecule has 154 valence electrons.